The van der Waals surface area contributed by atoms with Crippen LogP contribution in [-0.4, -0.2) is 30.6 Å². The Morgan fingerprint density at radius 1 is 0.867 bits per heavy atom. The number of nitrogens with one attached hydrogen (secondary N) is 2. The zero-order valence-electron chi connectivity index (χ0n) is 17.3. The van der Waals surface area contributed by atoms with Crippen LogP contribution in [0, 0.1) is 5.92 Å². The summed E-state index contributed by atoms with van der Waals surface area (Å²) >= 11 is 0. The van der Waals surface area contributed by atoms with Gasteiger partial charge in [-0.2, -0.15) is 0 Å². The van der Waals surface area contributed by atoms with Gasteiger partial charge in [0, 0.05) is 0 Å². The summed E-state index contributed by atoms with van der Waals surface area (Å²) in [5.41, 5.74) is 1.70. The second-order valence-corrected chi connectivity index (χ2v) is 6.93. The van der Waals surface area contributed by atoms with Gasteiger partial charge in [0.15, 0.2) is 0 Å². The molecular weight excluding hydrogens is 384 g/mol. The Morgan fingerprint density at radius 3 is 1.93 bits per heavy atom. The maximum Gasteiger partial charge on any atom is 0.408 e. The first kappa shape index (κ1) is 22.9. The van der Waals surface area contributed by atoms with Crippen molar-refractivity contribution in [3.63, 3.8) is 0 Å². The van der Waals surface area contributed by atoms with Gasteiger partial charge in [0.05, 0.1) is 0 Å². The maximum absolute atomic E-state index is 12.5. The van der Waals surface area contributed by atoms with E-state index in [1.54, 1.807) is 0 Å². The number of hydrogen-bond donors (Lipinski definition) is 2. The second-order valence-electron chi connectivity index (χ2n) is 6.93. The predicted octanol–water partition coefficient (Wildman–Crippen LogP) is 3.19. The number of benzene rings is 2. The van der Waals surface area contributed by atoms with Crippen LogP contribution < -0.4 is 10.6 Å². The standard InChI is InChI=1S/C23H28N2O5/c1-3-17(2)21(25-23(28)30-16-19-12-8-5-9-13-19)22(27)24-14-20(26)29-15-18-10-6-4-7-11-18/h4-13,17,21H,3,14-16H2,1-2H3,(H,24,27)(H,25,28)/t17-,21-/m0/s1. The normalized spacial score (nSPS) is 12.3. The van der Waals surface area contributed by atoms with Crippen LogP contribution in [0.25, 0.3) is 0 Å². The summed E-state index contributed by atoms with van der Waals surface area (Å²) in [4.78, 5) is 36.6. The van der Waals surface area contributed by atoms with E-state index in [1.165, 1.54) is 0 Å². The molecule has 0 bridgehead atoms. The van der Waals surface area contributed by atoms with Crippen molar-refractivity contribution in [3.8, 4) is 0 Å². The van der Waals surface area contributed by atoms with E-state index in [-0.39, 0.29) is 25.7 Å². The minimum Gasteiger partial charge on any atom is -0.460 e. The molecule has 0 aliphatic heterocycles. The van der Waals surface area contributed by atoms with Crippen molar-refractivity contribution in [1.82, 2.24) is 10.6 Å². The van der Waals surface area contributed by atoms with E-state index in [0.29, 0.717) is 6.42 Å². The highest BCUT2D eigenvalue weighted by molar-refractivity contribution is 5.88. The van der Waals surface area contributed by atoms with E-state index in [1.807, 2.05) is 74.5 Å². The fraction of sp³-hybridized carbons (Fsp3) is 0.348. The Labute approximate surface area is 176 Å². The third-order valence-electron chi connectivity index (χ3n) is 4.63. The van der Waals surface area contributed by atoms with Crippen LogP contribution in [0.15, 0.2) is 60.7 Å². The van der Waals surface area contributed by atoms with Crippen molar-refractivity contribution in [1.29, 1.82) is 0 Å². The van der Waals surface area contributed by atoms with Crippen molar-refractivity contribution in [3.05, 3.63) is 71.8 Å². The number of hydrogen-bond acceptors (Lipinski definition) is 5. The second kappa shape index (κ2) is 12.3. The minimum atomic E-state index is -0.819. The maximum atomic E-state index is 12.5. The molecule has 7 heteroatoms. The summed E-state index contributed by atoms with van der Waals surface area (Å²) in [6.07, 6.45) is -0.0267. The summed E-state index contributed by atoms with van der Waals surface area (Å²) in [6, 6.07) is 17.7. The summed E-state index contributed by atoms with van der Waals surface area (Å²) in [6.45, 7) is 3.71. The van der Waals surface area contributed by atoms with Gasteiger partial charge in [0.25, 0.3) is 0 Å². The van der Waals surface area contributed by atoms with Crippen molar-refractivity contribution < 1.29 is 23.9 Å². The van der Waals surface area contributed by atoms with Crippen LogP contribution in [0.3, 0.4) is 0 Å². The molecule has 0 saturated heterocycles. The van der Waals surface area contributed by atoms with Crippen LogP contribution in [0.2, 0.25) is 0 Å². The zero-order chi connectivity index (χ0) is 21.8. The first-order chi connectivity index (χ1) is 14.5. The third kappa shape index (κ3) is 7.95. The number of carbonyl (C=O) groups is 3. The van der Waals surface area contributed by atoms with Gasteiger partial charge in [-0.25, -0.2) is 4.79 Å². The van der Waals surface area contributed by atoms with Crippen molar-refractivity contribution in [2.45, 2.75) is 39.5 Å². The van der Waals surface area contributed by atoms with Gasteiger partial charge in [0.1, 0.15) is 25.8 Å². The lowest BCUT2D eigenvalue weighted by atomic mass is 9.98. The van der Waals surface area contributed by atoms with Crippen LogP contribution in [-0.2, 0) is 32.3 Å². The van der Waals surface area contributed by atoms with Gasteiger partial charge in [0.2, 0.25) is 5.91 Å². The number of ether oxygens (including phenoxy) is 2. The average molecular weight is 412 g/mol. The first-order valence-electron chi connectivity index (χ1n) is 9.94. The monoisotopic (exact) mass is 412 g/mol. The third-order valence-corrected chi connectivity index (χ3v) is 4.63. The molecule has 2 N–H and O–H groups in total. The van der Waals surface area contributed by atoms with Gasteiger partial charge in [-0.15, -0.1) is 0 Å². The molecule has 0 fully saturated rings. The largest absolute Gasteiger partial charge is 0.460 e. The van der Waals surface area contributed by atoms with Crippen molar-refractivity contribution in [2.24, 2.45) is 5.92 Å². The van der Waals surface area contributed by atoms with Gasteiger partial charge >= 0.3 is 12.1 Å². The van der Waals surface area contributed by atoms with Crippen LogP contribution in [0.4, 0.5) is 4.79 Å². The Kier molecular flexibility index (Phi) is 9.37. The number of rotatable bonds is 10. The first-order valence-corrected chi connectivity index (χ1v) is 9.94. The van der Waals surface area contributed by atoms with E-state index in [4.69, 9.17) is 9.47 Å². The van der Waals surface area contributed by atoms with Gasteiger partial charge < -0.3 is 20.1 Å². The van der Waals surface area contributed by atoms with Crippen molar-refractivity contribution in [2.75, 3.05) is 6.54 Å². The van der Waals surface area contributed by atoms with Crippen LogP contribution in [0.5, 0.6) is 0 Å². The summed E-state index contributed by atoms with van der Waals surface area (Å²) in [5, 5.41) is 5.12. The lowest BCUT2D eigenvalue weighted by Crippen LogP contribution is -2.51. The highest BCUT2D eigenvalue weighted by atomic mass is 16.5. The van der Waals surface area contributed by atoms with E-state index in [9.17, 15) is 14.4 Å². The van der Waals surface area contributed by atoms with E-state index < -0.39 is 24.0 Å². The van der Waals surface area contributed by atoms with Crippen LogP contribution in [0.1, 0.15) is 31.4 Å². The fourth-order valence-corrected chi connectivity index (χ4v) is 2.65. The average Bonchev–Trinajstić information content (AvgIpc) is 2.79. The summed E-state index contributed by atoms with van der Waals surface area (Å²) < 4.78 is 10.3. The van der Waals surface area contributed by atoms with E-state index in [2.05, 4.69) is 10.6 Å². The van der Waals surface area contributed by atoms with E-state index >= 15 is 0 Å². The van der Waals surface area contributed by atoms with Gasteiger partial charge in [-0.1, -0.05) is 80.9 Å². The smallest absolute Gasteiger partial charge is 0.408 e. The lowest BCUT2D eigenvalue weighted by molar-refractivity contribution is -0.145. The molecule has 0 unspecified atom stereocenters. The quantitative estimate of drug-likeness (QED) is 0.585. The molecule has 2 amide bonds. The SMILES string of the molecule is CC[C@H](C)[C@H](NC(=O)OCc1ccccc1)C(=O)NCC(=O)OCc1ccccc1. The number of alkyl carbamates (subject to hydrolysis) is 1. The molecule has 0 aliphatic carbocycles. The topological polar surface area (TPSA) is 93.7 Å². The number of amides is 2. The molecule has 0 aromatic heterocycles. The Bertz CT molecular complexity index is 811. The zero-order valence-corrected chi connectivity index (χ0v) is 17.3. The number of esters is 1. The van der Waals surface area contributed by atoms with Gasteiger partial charge in [-0.3, -0.25) is 9.59 Å². The molecule has 0 heterocycles. The Balaban J connectivity index is 1.80. The molecule has 7 nitrogen and oxygen atoms in total. The van der Waals surface area contributed by atoms with E-state index in [0.717, 1.165) is 11.1 Å². The Hall–Kier alpha value is -3.35. The Morgan fingerprint density at radius 2 is 1.40 bits per heavy atom. The fourth-order valence-electron chi connectivity index (χ4n) is 2.65. The van der Waals surface area contributed by atoms with Crippen molar-refractivity contribution >= 4 is 18.0 Å². The molecule has 160 valence electrons. The minimum absolute atomic E-state index is 0.104. The molecule has 2 atom stereocenters. The lowest BCUT2D eigenvalue weighted by Gasteiger charge is -2.23. The molecule has 0 spiro atoms. The molecular formula is C23H28N2O5. The summed E-state index contributed by atoms with van der Waals surface area (Å²) in [5.74, 6) is -1.16. The number of carbonyl (C=O) groups excluding carboxylic acids is 3. The molecule has 2 aromatic rings. The molecule has 2 rings (SSSR count). The molecule has 0 radical (unpaired) electrons. The summed E-state index contributed by atoms with van der Waals surface area (Å²) in [7, 11) is 0. The molecule has 30 heavy (non-hydrogen) atoms. The molecule has 0 aliphatic rings. The van der Waals surface area contributed by atoms with Crippen LogP contribution >= 0.6 is 0 Å². The highest BCUT2D eigenvalue weighted by Crippen LogP contribution is 2.09. The van der Waals surface area contributed by atoms with Gasteiger partial charge in [-0.05, 0) is 17.0 Å². The highest BCUT2D eigenvalue weighted by Gasteiger charge is 2.27. The predicted molar refractivity (Wildman–Crippen MR) is 112 cm³/mol. The molecule has 0 saturated carbocycles. The molecule has 2 aromatic carbocycles.